The van der Waals surface area contributed by atoms with Gasteiger partial charge in [0, 0.05) is 13.6 Å². The highest BCUT2D eigenvalue weighted by atomic mass is 19.2. The smallest absolute Gasteiger partial charge is 0.257 e. The van der Waals surface area contributed by atoms with Crippen molar-refractivity contribution in [3.8, 4) is 0 Å². The molecule has 1 unspecified atom stereocenters. The van der Waals surface area contributed by atoms with Crippen molar-refractivity contribution in [2.45, 2.75) is 25.3 Å². The predicted octanol–water partition coefficient (Wildman–Crippen LogP) is 1.71. The molecular weight excluding hydrogens is 266 g/mol. The standard InChI is InChI=1S/C14H16F2N2O2/c1-17-13(19)11-7-2-3-8-18(11)14(20)9-5-4-6-10(15)12(9)16/h4-6,11H,2-3,7-8H2,1H3,(H,17,19). The first-order valence-electron chi connectivity index (χ1n) is 6.53. The van der Waals surface area contributed by atoms with E-state index in [2.05, 4.69) is 5.32 Å². The highest BCUT2D eigenvalue weighted by molar-refractivity contribution is 5.97. The number of likely N-dealkylation sites (N-methyl/N-ethyl adjacent to an activating group) is 1. The van der Waals surface area contributed by atoms with Crippen LogP contribution in [0.25, 0.3) is 0 Å². The lowest BCUT2D eigenvalue weighted by Crippen LogP contribution is -2.51. The van der Waals surface area contributed by atoms with Crippen molar-refractivity contribution < 1.29 is 18.4 Å². The fourth-order valence-corrected chi connectivity index (χ4v) is 2.44. The minimum Gasteiger partial charge on any atom is -0.357 e. The molecule has 6 heteroatoms. The average Bonchev–Trinajstić information content (AvgIpc) is 2.48. The third-order valence-electron chi connectivity index (χ3n) is 3.49. The molecule has 2 rings (SSSR count). The number of halogens is 2. The molecule has 0 aliphatic carbocycles. The van der Waals surface area contributed by atoms with Crippen molar-refractivity contribution in [1.82, 2.24) is 10.2 Å². The van der Waals surface area contributed by atoms with E-state index in [1.807, 2.05) is 0 Å². The van der Waals surface area contributed by atoms with E-state index in [0.29, 0.717) is 13.0 Å². The Morgan fingerprint density at radius 2 is 2.05 bits per heavy atom. The summed E-state index contributed by atoms with van der Waals surface area (Å²) in [6.07, 6.45) is 2.10. The number of hydrogen-bond acceptors (Lipinski definition) is 2. The lowest BCUT2D eigenvalue weighted by molar-refractivity contribution is -0.126. The van der Waals surface area contributed by atoms with E-state index in [1.165, 1.54) is 24.1 Å². The molecule has 1 aromatic carbocycles. The molecule has 0 aromatic heterocycles. The van der Waals surface area contributed by atoms with Gasteiger partial charge in [0.1, 0.15) is 6.04 Å². The average molecular weight is 282 g/mol. The van der Waals surface area contributed by atoms with Crippen LogP contribution in [0.2, 0.25) is 0 Å². The Labute approximate surface area is 115 Å². The fourth-order valence-electron chi connectivity index (χ4n) is 2.44. The van der Waals surface area contributed by atoms with Crippen LogP contribution in [0, 0.1) is 11.6 Å². The lowest BCUT2D eigenvalue weighted by Gasteiger charge is -2.34. The Bertz CT molecular complexity index is 534. The number of rotatable bonds is 2. The molecule has 20 heavy (non-hydrogen) atoms. The van der Waals surface area contributed by atoms with Gasteiger partial charge >= 0.3 is 0 Å². The summed E-state index contributed by atoms with van der Waals surface area (Å²) in [4.78, 5) is 25.5. The fraction of sp³-hybridized carbons (Fsp3) is 0.429. The zero-order valence-corrected chi connectivity index (χ0v) is 11.2. The van der Waals surface area contributed by atoms with Crippen LogP contribution < -0.4 is 5.32 Å². The molecule has 0 spiro atoms. The molecule has 1 heterocycles. The van der Waals surface area contributed by atoms with E-state index >= 15 is 0 Å². The van der Waals surface area contributed by atoms with Crippen LogP contribution in [0.1, 0.15) is 29.6 Å². The van der Waals surface area contributed by atoms with E-state index in [9.17, 15) is 18.4 Å². The number of hydrogen-bond donors (Lipinski definition) is 1. The minimum absolute atomic E-state index is 0.283. The summed E-state index contributed by atoms with van der Waals surface area (Å²) < 4.78 is 26.9. The van der Waals surface area contributed by atoms with Crippen LogP contribution in [0.4, 0.5) is 8.78 Å². The van der Waals surface area contributed by atoms with Gasteiger partial charge in [-0.25, -0.2) is 8.78 Å². The van der Waals surface area contributed by atoms with Crippen molar-refractivity contribution >= 4 is 11.8 Å². The van der Waals surface area contributed by atoms with Crippen LogP contribution in [-0.4, -0.2) is 36.3 Å². The second-order valence-electron chi connectivity index (χ2n) is 4.73. The zero-order chi connectivity index (χ0) is 14.7. The molecule has 108 valence electrons. The maximum atomic E-state index is 13.7. The van der Waals surface area contributed by atoms with Crippen molar-refractivity contribution in [3.63, 3.8) is 0 Å². The van der Waals surface area contributed by atoms with Crippen LogP contribution in [0.15, 0.2) is 18.2 Å². The van der Waals surface area contributed by atoms with Gasteiger partial charge < -0.3 is 10.2 Å². The van der Waals surface area contributed by atoms with Gasteiger partial charge in [0.25, 0.3) is 5.91 Å². The number of carbonyl (C=O) groups excluding carboxylic acids is 2. The van der Waals surface area contributed by atoms with Crippen LogP contribution in [0.5, 0.6) is 0 Å². The molecule has 1 N–H and O–H groups in total. The van der Waals surface area contributed by atoms with Gasteiger partial charge in [-0.3, -0.25) is 9.59 Å². The Hall–Kier alpha value is -1.98. The molecule has 1 aliphatic heterocycles. The number of nitrogens with zero attached hydrogens (tertiary/aromatic N) is 1. The summed E-state index contributed by atoms with van der Waals surface area (Å²) in [5.41, 5.74) is -0.333. The summed E-state index contributed by atoms with van der Waals surface area (Å²) in [5.74, 6) is -3.16. The summed E-state index contributed by atoms with van der Waals surface area (Å²) in [6.45, 7) is 0.368. The number of likely N-dealkylation sites (tertiary alicyclic amines) is 1. The first kappa shape index (κ1) is 14.4. The van der Waals surface area contributed by atoms with Crippen molar-refractivity contribution in [2.24, 2.45) is 0 Å². The molecule has 1 aliphatic rings. The predicted molar refractivity (Wildman–Crippen MR) is 69.1 cm³/mol. The molecule has 0 bridgehead atoms. The molecule has 2 amide bonds. The quantitative estimate of drug-likeness (QED) is 0.897. The van der Waals surface area contributed by atoms with E-state index in [-0.39, 0.29) is 11.5 Å². The number of carbonyl (C=O) groups is 2. The summed E-state index contributed by atoms with van der Waals surface area (Å²) >= 11 is 0. The van der Waals surface area contributed by atoms with Gasteiger partial charge in [0.2, 0.25) is 5.91 Å². The van der Waals surface area contributed by atoms with Gasteiger partial charge in [-0.2, -0.15) is 0 Å². The number of amides is 2. The third kappa shape index (κ3) is 2.64. The van der Waals surface area contributed by atoms with Crippen LogP contribution in [-0.2, 0) is 4.79 Å². The SMILES string of the molecule is CNC(=O)C1CCCCN1C(=O)c1cccc(F)c1F. The van der Waals surface area contributed by atoms with Crippen molar-refractivity contribution in [1.29, 1.82) is 0 Å². The van der Waals surface area contributed by atoms with E-state index in [0.717, 1.165) is 18.9 Å². The van der Waals surface area contributed by atoms with Gasteiger partial charge in [0.15, 0.2) is 11.6 Å². The van der Waals surface area contributed by atoms with E-state index in [1.54, 1.807) is 0 Å². The largest absolute Gasteiger partial charge is 0.357 e. The van der Waals surface area contributed by atoms with Crippen molar-refractivity contribution in [2.75, 3.05) is 13.6 Å². The first-order chi connectivity index (χ1) is 9.56. The Balaban J connectivity index is 2.30. The second kappa shape index (κ2) is 5.98. The number of benzene rings is 1. The number of nitrogens with one attached hydrogen (secondary N) is 1. The Kier molecular flexibility index (Phi) is 4.32. The van der Waals surface area contributed by atoms with E-state index < -0.39 is 23.6 Å². The summed E-state index contributed by atoms with van der Waals surface area (Å²) in [6, 6.07) is 2.85. The highest BCUT2D eigenvalue weighted by Gasteiger charge is 2.33. The monoisotopic (exact) mass is 282 g/mol. The second-order valence-corrected chi connectivity index (χ2v) is 4.73. The maximum Gasteiger partial charge on any atom is 0.257 e. The van der Waals surface area contributed by atoms with Crippen LogP contribution in [0.3, 0.4) is 0 Å². The topological polar surface area (TPSA) is 49.4 Å². The molecular formula is C14H16F2N2O2. The van der Waals surface area contributed by atoms with Gasteiger partial charge in [-0.15, -0.1) is 0 Å². The highest BCUT2D eigenvalue weighted by Crippen LogP contribution is 2.22. The summed E-state index contributed by atoms with van der Waals surface area (Å²) in [5, 5.41) is 2.50. The maximum absolute atomic E-state index is 13.7. The van der Waals surface area contributed by atoms with E-state index in [4.69, 9.17) is 0 Å². The van der Waals surface area contributed by atoms with Crippen LogP contribution >= 0.6 is 0 Å². The Morgan fingerprint density at radius 3 is 2.75 bits per heavy atom. The molecule has 1 fully saturated rings. The summed E-state index contributed by atoms with van der Waals surface area (Å²) in [7, 11) is 1.49. The van der Waals surface area contributed by atoms with Crippen molar-refractivity contribution in [3.05, 3.63) is 35.4 Å². The Morgan fingerprint density at radius 1 is 1.30 bits per heavy atom. The first-order valence-corrected chi connectivity index (χ1v) is 6.53. The van der Waals surface area contributed by atoms with Gasteiger partial charge in [-0.05, 0) is 31.4 Å². The molecule has 0 radical (unpaired) electrons. The molecule has 1 atom stereocenters. The zero-order valence-electron chi connectivity index (χ0n) is 11.2. The molecule has 4 nitrogen and oxygen atoms in total. The molecule has 0 saturated carbocycles. The lowest BCUT2D eigenvalue weighted by atomic mass is 10.00. The van der Waals surface area contributed by atoms with Gasteiger partial charge in [0.05, 0.1) is 5.56 Å². The molecule has 1 saturated heterocycles. The number of piperidine rings is 1. The normalized spacial score (nSPS) is 18.8. The third-order valence-corrected chi connectivity index (χ3v) is 3.49. The molecule has 1 aromatic rings. The minimum atomic E-state index is -1.17. The van der Waals surface area contributed by atoms with Gasteiger partial charge in [-0.1, -0.05) is 6.07 Å².